The molecule has 2 radical (unpaired) electrons. The summed E-state index contributed by atoms with van der Waals surface area (Å²) in [4.78, 5) is 0. The predicted molar refractivity (Wildman–Crippen MR) is 28.1 cm³/mol. The van der Waals surface area contributed by atoms with Crippen LogP contribution in [0.25, 0.3) is 0 Å². The van der Waals surface area contributed by atoms with Gasteiger partial charge in [0.05, 0.1) is 5.33 Å². The average Bonchev–Trinajstić information content (AvgIpc) is 1.68. The highest BCUT2D eigenvalue weighted by atomic mass is 79.9. The van der Waals surface area contributed by atoms with Crippen LogP contribution in [0.1, 0.15) is 6.42 Å². The van der Waals surface area contributed by atoms with Gasteiger partial charge in [0, 0.05) is 6.42 Å². The number of halogens is 3. The summed E-state index contributed by atoms with van der Waals surface area (Å²) in [6.07, 6.45) is -0.391. The molecular weight excluding hydrogens is 166 g/mol. The second kappa shape index (κ2) is 2.60. The van der Waals surface area contributed by atoms with E-state index in [9.17, 15) is 8.78 Å². The fraction of sp³-hybridized carbons (Fsp3) is 0.500. The zero-order chi connectivity index (χ0) is 5.91. The summed E-state index contributed by atoms with van der Waals surface area (Å²) >= 11 is 2.52. The molecular formula is C4H5BrF2. The van der Waals surface area contributed by atoms with Gasteiger partial charge in [0.1, 0.15) is 0 Å². The van der Waals surface area contributed by atoms with E-state index in [1.54, 1.807) is 0 Å². The van der Waals surface area contributed by atoms with Gasteiger partial charge in [0.15, 0.2) is 0 Å². The molecule has 0 unspecified atom stereocenters. The third-order valence-electron chi connectivity index (χ3n) is 0.493. The summed E-state index contributed by atoms with van der Waals surface area (Å²) in [5, 5.41) is 0.660. The third kappa shape index (κ3) is 2.97. The topological polar surface area (TPSA) is 0 Å². The molecule has 0 aliphatic rings. The normalized spacial score (nSPS) is 12.0. The molecule has 0 amide bonds. The molecule has 3 heteroatoms. The van der Waals surface area contributed by atoms with E-state index >= 15 is 0 Å². The fourth-order valence-corrected chi connectivity index (χ4v) is 0.283. The van der Waals surface area contributed by atoms with Crippen LogP contribution in [0.2, 0.25) is 0 Å². The van der Waals surface area contributed by atoms with Crippen molar-refractivity contribution in [2.45, 2.75) is 12.3 Å². The Balaban J connectivity index is 3.36. The van der Waals surface area contributed by atoms with Gasteiger partial charge in [-0.2, -0.15) is 0 Å². The van der Waals surface area contributed by atoms with E-state index in [1.807, 2.05) is 0 Å². The molecule has 0 saturated carbocycles. The molecule has 0 rings (SSSR count). The van der Waals surface area contributed by atoms with Crippen molar-refractivity contribution in [1.82, 2.24) is 0 Å². The van der Waals surface area contributed by atoms with Crippen LogP contribution in [0, 0.1) is 12.3 Å². The Morgan fingerprint density at radius 2 is 2.14 bits per heavy atom. The minimum atomic E-state index is -2.74. The molecule has 0 fully saturated rings. The maximum Gasteiger partial charge on any atom is 0.261 e. The van der Waals surface area contributed by atoms with Gasteiger partial charge < -0.3 is 0 Å². The van der Waals surface area contributed by atoms with Gasteiger partial charge in [0.2, 0.25) is 0 Å². The summed E-state index contributed by atoms with van der Waals surface area (Å²) in [5.41, 5.74) is 0. The zero-order valence-corrected chi connectivity index (χ0v) is 5.21. The Morgan fingerprint density at radius 3 is 2.14 bits per heavy atom. The maximum atomic E-state index is 11.7. The summed E-state index contributed by atoms with van der Waals surface area (Å²) in [7, 11) is 0. The van der Waals surface area contributed by atoms with E-state index in [-0.39, 0.29) is 0 Å². The van der Waals surface area contributed by atoms with Crippen molar-refractivity contribution in [3.63, 3.8) is 0 Å². The van der Waals surface area contributed by atoms with Gasteiger partial charge in [-0.1, -0.05) is 15.9 Å². The summed E-state index contributed by atoms with van der Waals surface area (Å²) in [6, 6.07) is 0. The number of hydrogen-bond donors (Lipinski definition) is 0. The molecule has 42 valence electrons. The van der Waals surface area contributed by atoms with Gasteiger partial charge in [-0.3, -0.25) is 0 Å². The van der Waals surface area contributed by atoms with E-state index in [0.717, 1.165) is 0 Å². The van der Waals surface area contributed by atoms with Crippen molar-refractivity contribution < 1.29 is 8.78 Å². The van der Waals surface area contributed by atoms with Gasteiger partial charge in [-0.05, 0) is 6.92 Å². The SMILES string of the molecule is [CH2]CC(F)(F)[CH]Br. The fourth-order valence-electron chi connectivity index (χ4n) is 0.0546. The van der Waals surface area contributed by atoms with E-state index in [1.165, 1.54) is 0 Å². The lowest BCUT2D eigenvalue weighted by Crippen LogP contribution is -2.10. The highest BCUT2D eigenvalue weighted by Gasteiger charge is 2.23. The first kappa shape index (κ1) is 7.34. The van der Waals surface area contributed by atoms with Crippen LogP contribution in [0.3, 0.4) is 0 Å². The maximum absolute atomic E-state index is 11.7. The van der Waals surface area contributed by atoms with Gasteiger partial charge in [-0.15, -0.1) is 0 Å². The van der Waals surface area contributed by atoms with Crippen LogP contribution in [0.4, 0.5) is 8.78 Å². The molecule has 0 aromatic rings. The van der Waals surface area contributed by atoms with E-state index in [2.05, 4.69) is 22.9 Å². The first-order valence-electron chi connectivity index (χ1n) is 1.74. The van der Waals surface area contributed by atoms with Gasteiger partial charge in [0.25, 0.3) is 5.92 Å². The Morgan fingerprint density at radius 1 is 1.71 bits per heavy atom. The van der Waals surface area contributed by atoms with Gasteiger partial charge in [-0.25, -0.2) is 8.78 Å². The Kier molecular flexibility index (Phi) is 2.73. The van der Waals surface area contributed by atoms with Crippen LogP contribution in [-0.4, -0.2) is 5.92 Å². The highest BCUT2D eigenvalue weighted by Crippen LogP contribution is 2.23. The van der Waals surface area contributed by atoms with Crippen molar-refractivity contribution in [2.24, 2.45) is 0 Å². The predicted octanol–water partition coefficient (Wildman–Crippen LogP) is 2.40. The summed E-state index contributed by atoms with van der Waals surface area (Å²) < 4.78 is 23.4. The molecule has 0 N–H and O–H groups in total. The standard InChI is InChI=1S/C4H5BrF2/c1-2-4(6,7)3-5/h3H,1-2H2. The molecule has 0 atom stereocenters. The largest absolute Gasteiger partial charge is 0.261 e. The third-order valence-corrected chi connectivity index (χ3v) is 1.16. The molecule has 0 aliphatic heterocycles. The van der Waals surface area contributed by atoms with Crippen LogP contribution in [0.5, 0.6) is 0 Å². The Bertz CT molecular complexity index is 47.7. The molecule has 0 saturated heterocycles. The molecule has 7 heavy (non-hydrogen) atoms. The number of rotatable bonds is 2. The molecule has 0 spiro atoms. The molecule has 0 aliphatic carbocycles. The Labute approximate surface area is 50.0 Å². The van der Waals surface area contributed by atoms with Crippen LogP contribution in [0.15, 0.2) is 0 Å². The minimum absolute atomic E-state index is 0.391. The number of alkyl halides is 2. The van der Waals surface area contributed by atoms with Crippen LogP contribution < -0.4 is 0 Å². The molecule has 0 aromatic carbocycles. The first-order chi connectivity index (χ1) is 3.12. The molecule has 0 aromatic heterocycles. The first-order valence-corrected chi connectivity index (χ1v) is 2.65. The lowest BCUT2D eigenvalue weighted by molar-refractivity contribution is 0.0511. The van der Waals surface area contributed by atoms with E-state index in [0.29, 0.717) is 5.33 Å². The van der Waals surface area contributed by atoms with Crippen molar-refractivity contribution in [3.05, 3.63) is 12.3 Å². The monoisotopic (exact) mass is 170 g/mol. The van der Waals surface area contributed by atoms with E-state index in [4.69, 9.17) is 0 Å². The summed E-state index contributed by atoms with van der Waals surface area (Å²) in [5.74, 6) is -2.74. The van der Waals surface area contributed by atoms with E-state index < -0.39 is 12.3 Å². The second-order valence-electron chi connectivity index (χ2n) is 1.12. The number of hydrogen-bond acceptors (Lipinski definition) is 0. The second-order valence-corrected chi connectivity index (χ2v) is 1.58. The molecule has 0 bridgehead atoms. The zero-order valence-electron chi connectivity index (χ0n) is 3.63. The minimum Gasteiger partial charge on any atom is -0.206 e. The van der Waals surface area contributed by atoms with Gasteiger partial charge >= 0.3 is 0 Å². The van der Waals surface area contributed by atoms with Crippen LogP contribution in [-0.2, 0) is 0 Å². The lowest BCUT2D eigenvalue weighted by atomic mass is 10.3. The van der Waals surface area contributed by atoms with Crippen molar-refractivity contribution in [1.29, 1.82) is 0 Å². The summed E-state index contributed by atoms with van der Waals surface area (Å²) in [6.45, 7) is 3.02. The average molecular weight is 171 g/mol. The highest BCUT2D eigenvalue weighted by molar-refractivity contribution is 9.10. The van der Waals surface area contributed by atoms with Crippen molar-refractivity contribution in [2.75, 3.05) is 0 Å². The van der Waals surface area contributed by atoms with Crippen molar-refractivity contribution >= 4 is 15.9 Å². The lowest BCUT2D eigenvalue weighted by Gasteiger charge is -2.06. The molecule has 0 heterocycles. The Hall–Kier alpha value is 0.340. The quantitative estimate of drug-likeness (QED) is 0.598. The van der Waals surface area contributed by atoms with Crippen molar-refractivity contribution in [3.8, 4) is 0 Å². The smallest absolute Gasteiger partial charge is 0.206 e. The van der Waals surface area contributed by atoms with Crippen LogP contribution >= 0.6 is 15.9 Å². The molecule has 0 nitrogen and oxygen atoms in total.